The predicted octanol–water partition coefficient (Wildman–Crippen LogP) is 2.47. The minimum absolute atomic E-state index is 0.249. The van der Waals surface area contributed by atoms with Crippen molar-refractivity contribution < 1.29 is 0 Å². The standard InChI is InChI=1S/C13H17BrN4/c1-3-16-12(8-10-4-6-15-7-5-10)13-11(14)9-17-18(13)2/h4-7,9,12,16H,3,8H2,1-2H3. The summed E-state index contributed by atoms with van der Waals surface area (Å²) in [5.41, 5.74) is 2.44. The smallest absolute Gasteiger partial charge is 0.0695 e. The van der Waals surface area contributed by atoms with Crippen molar-refractivity contribution in [3.63, 3.8) is 0 Å². The lowest BCUT2D eigenvalue weighted by molar-refractivity contribution is 0.506. The first-order valence-electron chi connectivity index (χ1n) is 6.02. The highest BCUT2D eigenvalue weighted by Crippen LogP contribution is 2.25. The van der Waals surface area contributed by atoms with Gasteiger partial charge in [0, 0.05) is 19.4 Å². The van der Waals surface area contributed by atoms with Crippen LogP contribution in [0.4, 0.5) is 0 Å². The highest BCUT2D eigenvalue weighted by Gasteiger charge is 2.18. The highest BCUT2D eigenvalue weighted by molar-refractivity contribution is 9.10. The molecular formula is C13H17BrN4. The van der Waals surface area contributed by atoms with Gasteiger partial charge in [-0.1, -0.05) is 6.92 Å². The van der Waals surface area contributed by atoms with E-state index in [4.69, 9.17) is 0 Å². The molecule has 2 aromatic heterocycles. The lowest BCUT2D eigenvalue weighted by Crippen LogP contribution is -2.25. The van der Waals surface area contributed by atoms with E-state index in [9.17, 15) is 0 Å². The lowest BCUT2D eigenvalue weighted by Gasteiger charge is -2.19. The van der Waals surface area contributed by atoms with Crippen molar-refractivity contribution in [1.29, 1.82) is 0 Å². The van der Waals surface area contributed by atoms with Gasteiger partial charge in [0.2, 0.25) is 0 Å². The van der Waals surface area contributed by atoms with Crippen LogP contribution in [0, 0.1) is 0 Å². The summed E-state index contributed by atoms with van der Waals surface area (Å²) in [7, 11) is 1.97. The van der Waals surface area contributed by atoms with Crippen molar-refractivity contribution in [2.24, 2.45) is 7.05 Å². The van der Waals surface area contributed by atoms with E-state index in [1.807, 2.05) is 30.3 Å². The first-order valence-corrected chi connectivity index (χ1v) is 6.81. The second kappa shape index (κ2) is 6.11. The summed E-state index contributed by atoms with van der Waals surface area (Å²) >= 11 is 3.57. The zero-order chi connectivity index (χ0) is 13.0. The largest absolute Gasteiger partial charge is 0.309 e. The third-order valence-corrected chi connectivity index (χ3v) is 3.52. The Morgan fingerprint density at radius 2 is 2.11 bits per heavy atom. The zero-order valence-corrected chi connectivity index (χ0v) is 12.2. The number of aryl methyl sites for hydroxylation is 1. The molecule has 1 unspecified atom stereocenters. The Morgan fingerprint density at radius 3 is 2.67 bits per heavy atom. The number of hydrogen-bond acceptors (Lipinski definition) is 3. The van der Waals surface area contributed by atoms with Crippen LogP contribution in [-0.2, 0) is 13.5 Å². The molecule has 1 N–H and O–H groups in total. The Balaban J connectivity index is 2.24. The van der Waals surface area contributed by atoms with E-state index in [0.717, 1.165) is 17.4 Å². The number of nitrogens with zero attached hydrogens (tertiary/aromatic N) is 3. The molecule has 18 heavy (non-hydrogen) atoms. The second-order valence-electron chi connectivity index (χ2n) is 4.17. The van der Waals surface area contributed by atoms with Gasteiger partial charge in [-0.3, -0.25) is 9.67 Å². The number of rotatable bonds is 5. The number of likely N-dealkylation sites (N-methyl/N-ethyl adjacent to an activating group) is 1. The lowest BCUT2D eigenvalue weighted by atomic mass is 10.0. The number of halogens is 1. The summed E-state index contributed by atoms with van der Waals surface area (Å²) in [6.07, 6.45) is 6.42. The molecule has 0 spiro atoms. The van der Waals surface area contributed by atoms with Crippen LogP contribution in [-0.4, -0.2) is 21.3 Å². The molecule has 2 aromatic rings. The van der Waals surface area contributed by atoms with E-state index in [-0.39, 0.29) is 6.04 Å². The summed E-state index contributed by atoms with van der Waals surface area (Å²) in [5, 5.41) is 7.78. The first-order chi connectivity index (χ1) is 8.72. The summed E-state index contributed by atoms with van der Waals surface area (Å²) in [6.45, 7) is 3.04. The molecule has 0 aliphatic heterocycles. The molecule has 96 valence electrons. The fraction of sp³-hybridized carbons (Fsp3) is 0.385. The first kappa shape index (κ1) is 13.2. The van der Waals surface area contributed by atoms with Gasteiger partial charge in [0.1, 0.15) is 0 Å². The van der Waals surface area contributed by atoms with Gasteiger partial charge in [-0.2, -0.15) is 5.10 Å². The van der Waals surface area contributed by atoms with E-state index >= 15 is 0 Å². The molecule has 4 nitrogen and oxygen atoms in total. The van der Waals surface area contributed by atoms with Gasteiger partial charge in [0.05, 0.1) is 22.4 Å². The molecule has 5 heteroatoms. The molecule has 0 aromatic carbocycles. The summed E-state index contributed by atoms with van der Waals surface area (Å²) in [4.78, 5) is 4.05. The average molecular weight is 309 g/mol. The summed E-state index contributed by atoms with van der Waals surface area (Å²) in [5.74, 6) is 0. The van der Waals surface area contributed by atoms with E-state index in [1.165, 1.54) is 11.3 Å². The van der Waals surface area contributed by atoms with Crippen molar-refractivity contribution in [2.45, 2.75) is 19.4 Å². The van der Waals surface area contributed by atoms with Gasteiger partial charge < -0.3 is 5.32 Å². The normalized spacial score (nSPS) is 12.6. The van der Waals surface area contributed by atoms with Gasteiger partial charge in [-0.05, 0) is 46.6 Å². The van der Waals surface area contributed by atoms with E-state index in [0.29, 0.717) is 0 Å². The van der Waals surface area contributed by atoms with Crippen molar-refractivity contribution in [3.05, 3.63) is 46.5 Å². The maximum absolute atomic E-state index is 4.28. The Bertz CT molecular complexity index is 475. The van der Waals surface area contributed by atoms with Crippen LogP contribution in [0.15, 0.2) is 35.2 Å². The third-order valence-electron chi connectivity index (χ3n) is 2.91. The Kier molecular flexibility index (Phi) is 4.49. The number of nitrogens with one attached hydrogen (secondary N) is 1. The monoisotopic (exact) mass is 308 g/mol. The number of hydrogen-bond donors (Lipinski definition) is 1. The van der Waals surface area contributed by atoms with Gasteiger partial charge >= 0.3 is 0 Å². The minimum Gasteiger partial charge on any atom is -0.309 e. The van der Waals surface area contributed by atoms with Crippen LogP contribution in [0.3, 0.4) is 0 Å². The minimum atomic E-state index is 0.249. The molecule has 2 rings (SSSR count). The molecule has 2 heterocycles. The average Bonchev–Trinajstić information content (AvgIpc) is 2.70. The van der Waals surface area contributed by atoms with Crippen LogP contribution in [0.1, 0.15) is 24.2 Å². The van der Waals surface area contributed by atoms with Crippen LogP contribution < -0.4 is 5.32 Å². The molecule has 0 radical (unpaired) electrons. The molecule has 0 saturated carbocycles. The van der Waals surface area contributed by atoms with Gasteiger partial charge in [-0.25, -0.2) is 0 Å². The van der Waals surface area contributed by atoms with Crippen molar-refractivity contribution in [1.82, 2.24) is 20.1 Å². The van der Waals surface area contributed by atoms with Gasteiger partial charge in [0.15, 0.2) is 0 Å². The second-order valence-corrected chi connectivity index (χ2v) is 5.03. The topological polar surface area (TPSA) is 42.7 Å². The Labute approximate surface area is 116 Å². The third kappa shape index (κ3) is 2.97. The molecule has 0 amide bonds. The summed E-state index contributed by atoms with van der Waals surface area (Å²) < 4.78 is 2.96. The van der Waals surface area contributed by atoms with Crippen molar-refractivity contribution in [3.8, 4) is 0 Å². The molecular weight excluding hydrogens is 292 g/mol. The number of pyridine rings is 1. The van der Waals surface area contributed by atoms with Crippen LogP contribution >= 0.6 is 15.9 Å². The van der Waals surface area contributed by atoms with Crippen molar-refractivity contribution >= 4 is 15.9 Å². The number of aromatic nitrogens is 3. The quantitative estimate of drug-likeness (QED) is 0.922. The maximum atomic E-state index is 4.28. The molecule has 1 atom stereocenters. The van der Waals surface area contributed by atoms with Crippen molar-refractivity contribution in [2.75, 3.05) is 6.54 Å². The van der Waals surface area contributed by atoms with Gasteiger partial charge in [-0.15, -0.1) is 0 Å². The molecule has 0 saturated heterocycles. The molecule has 0 aliphatic carbocycles. The zero-order valence-electron chi connectivity index (χ0n) is 10.6. The predicted molar refractivity (Wildman–Crippen MR) is 75.3 cm³/mol. The SMILES string of the molecule is CCNC(Cc1ccncc1)c1c(Br)cnn1C. The maximum Gasteiger partial charge on any atom is 0.0695 e. The fourth-order valence-corrected chi connectivity index (χ4v) is 2.70. The molecule has 0 aliphatic rings. The highest BCUT2D eigenvalue weighted by atomic mass is 79.9. The van der Waals surface area contributed by atoms with Crippen LogP contribution in [0.2, 0.25) is 0 Å². The van der Waals surface area contributed by atoms with E-state index in [2.05, 4.69) is 50.4 Å². The van der Waals surface area contributed by atoms with Gasteiger partial charge in [0.25, 0.3) is 0 Å². The molecule has 0 bridgehead atoms. The molecule has 0 fully saturated rings. The van der Waals surface area contributed by atoms with E-state index < -0.39 is 0 Å². The Morgan fingerprint density at radius 1 is 1.39 bits per heavy atom. The Hall–Kier alpha value is -1.20. The fourth-order valence-electron chi connectivity index (χ4n) is 2.08. The van der Waals surface area contributed by atoms with Crippen LogP contribution in [0.25, 0.3) is 0 Å². The van der Waals surface area contributed by atoms with E-state index in [1.54, 1.807) is 0 Å². The summed E-state index contributed by atoms with van der Waals surface area (Å²) in [6, 6.07) is 4.35. The van der Waals surface area contributed by atoms with Crippen LogP contribution in [0.5, 0.6) is 0 Å².